The highest BCUT2D eigenvalue weighted by Crippen LogP contribution is 2.34. The van der Waals surface area contributed by atoms with Crippen molar-refractivity contribution in [1.82, 2.24) is 19.3 Å². The van der Waals surface area contributed by atoms with Crippen LogP contribution in [0.4, 0.5) is 11.1 Å². The highest BCUT2D eigenvalue weighted by atomic mass is 32.2. The van der Waals surface area contributed by atoms with Crippen LogP contribution >= 0.6 is 23.1 Å². The molecule has 9 nitrogen and oxygen atoms in total. The van der Waals surface area contributed by atoms with Crippen LogP contribution < -0.4 is 10.6 Å². The van der Waals surface area contributed by atoms with Crippen molar-refractivity contribution in [2.24, 2.45) is 5.92 Å². The number of hydrogen-bond donors (Lipinski definition) is 3. The van der Waals surface area contributed by atoms with E-state index in [0.717, 1.165) is 28.0 Å². The molecular formula is C20H26N6O3S3. The first-order valence-corrected chi connectivity index (χ1v) is 13.6. The van der Waals surface area contributed by atoms with Crippen LogP contribution in [0.1, 0.15) is 12.8 Å². The zero-order valence-electron chi connectivity index (χ0n) is 18.0. The molecule has 0 radical (unpaired) electrons. The van der Waals surface area contributed by atoms with Gasteiger partial charge in [-0.1, -0.05) is 11.3 Å². The van der Waals surface area contributed by atoms with Crippen LogP contribution in [-0.4, -0.2) is 71.8 Å². The van der Waals surface area contributed by atoms with Gasteiger partial charge in [0.05, 0.1) is 15.1 Å². The van der Waals surface area contributed by atoms with Gasteiger partial charge in [-0.05, 0) is 37.3 Å². The van der Waals surface area contributed by atoms with E-state index in [4.69, 9.17) is 0 Å². The fraction of sp³-hybridized carbons (Fsp3) is 0.450. The summed E-state index contributed by atoms with van der Waals surface area (Å²) in [5, 5.41) is 17.4. The largest absolute Gasteiger partial charge is 0.396 e. The van der Waals surface area contributed by atoms with Crippen molar-refractivity contribution >= 4 is 54.4 Å². The van der Waals surface area contributed by atoms with E-state index in [9.17, 15) is 13.5 Å². The van der Waals surface area contributed by atoms with Gasteiger partial charge in [-0.2, -0.15) is 0 Å². The van der Waals surface area contributed by atoms with E-state index >= 15 is 0 Å². The van der Waals surface area contributed by atoms with Gasteiger partial charge in [0.25, 0.3) is 0 Å². The number of thioether (sulfide) groups is 1. The van der Waals surface area contributed by atoms with Crippen LogP contribution in [0.25, 0.3) is 10.2 Å². The molecule has 4 rings (SSSR count). The Hall–Kier alpha value is -1.99. The third kappa shape index (κ3) is 4.84. The van der Waals surface area contributed by atoms with E-state index in [1.165, 1.54) is 29.7 Å². The Bertz CT molecular complexity index is 1180. The number of fused-ring (bicyclic) bond motifs is 1. The van der Waals surface area contributed by atoms with Crippen LogP contribution in [0.2, 0.25) is 0 Å². The van der Waals surface area contributed by atoms with E-state index < -0.39 is 10.0 Å². The fourth-order valence-corrected chi connectivity index (χ4v) is 6.08. The number of rotatable bonds is 8. The second kappa shape index (κ2) is 9.48. The summed E-state index contributed by atoms with van der Waals surface area (Å²) in [4.78, 5) is 14.6. The van der Waals surface area contributed by atoms with Crippen molar-refractivity contribution in [3.63, 3.8) is 0 Å². The van der Waals surface area contributed by atoms with Crippen LogP contribution in [-0.2, 0) is 10.0 Å². The van der Waals surface area contributed by atoms with E-state index in [0.29, 0.717) is 11.1 Å². The molecule has 1 aromatic carbocycles. The highest BCUT2D eigenvalue weighted by Gasteiger charge is 2.34. The third-order valence-corrected chi connectivity index (χ3v) is 9.02. The lowest BCUT2D eigenvalue weighted by atomic mass is 10.1. The molecule has 12 heteroatoms. The molecule has 0 bridgehead atoms. The van der Waals surface area contributed by atoms with Crippen molar-refractivity contribution < 1.29 is 13.5 Å². The molecule has 0 saturated heterocycles. The molecule has 3 N–H and O–H groups in total. The van der Waals surface area contributed by atoms with Gasteiger partial charge in [0.1, 0.15) is 0 Å². The number of hydrogen-bond acceptors (Lipinski definition) is 10. The van der Waals surface area contributed by atoms with Gasteiger partial charge in [-0.15, -0.1) is 11.8 Å². The number of aromatic nitrogens is 3. The van der Waals surface area contributed by atoms with Crippen molar-refractivity contribution in [2.45, 2.75) is 34.7 Å². The number of aliphatic hydroxyl groups excluding tert-OH is 1. The maximum atomic E-state index is 12.4. The molecule has 1 fully saturated rings. The number of thiazole rings is 1. The molecule has 1 aliphatic rings. The molecular weight excluding hydrogens is 468 g/mol. The molecule has 0 aliphatic heterocycles. The molecule has 172 valence electrons. The molecule has 1 saturated carbocycles. The lowest BCUT2D eigenvalue weighted by Gasteiger charge is -2.17. The molecule has 3 atom stereocenters. The summed E-state index contributed by atoms with van der Waals surface area (Å²) >= 11 is 3.01. The van der Waals surface area contributed by atoms with Crippen molar-refractivity contribution in [3.05, 3.63) is 30.6 Å². The van der Waals surface area contributed by atoms with Gasteiger partial charge in [0, 0.05) is 56.0 Å². The molecule has 2 heterocycles. The molecule has 0 amide bonds. The number of nitrogens with one attached hydrogen (secondary N) is 2. The monoisotopic (exact) mass is 494 g/mol. The predicted octanol–water partition coefficient (Wildman–Crippen LogP) is 2.72. The van der Waals surface area contributed by atoms with Crippen LogP contribution in [0.15, 0.2) is 40.4 Å². The molecule has 0 spiro atoms. The number of aliphatic hydroxyl groups is 1. The minimum atomic E-state index is -3.50. The Morgan fingerprint density at radius 3 is 2.62 bits per heavy atom. The summed E-state index contributed by atoms with van der Waals surface area (Å²) < 4.78 is 26.8. The number of sulfonamides is 1. The molecule has 2 aromatic heterocycles. The Labute approximate surface area is 195 Å². The van der Waals surface area contributed by atoms with Crippen molar-refractivity contribution in [2.75, 3.05) is 37.6 Å². The van der Waals surface area contributed by atoms with Crippen molar-refractivity contribution in [1.29, 1.82) is 0 Å². The average molecular weight is 495 g/mol. The number of anilines is 2. The third-order valence-electron chi connectivity index (χ3n) is 5.57. The first-order valence-electron chi connectivity index (χ1n) is 10.1. The van der Waals surface area contributed by atoms with Gasteiger partial charge in [-0.25, -0.2) is 27.7 Å². The van der Waals surface area contributed by atoms with Gasteiger partial charge in [0.2, 0.25) is 16.0 Å². The standard InChI is InChI=1S/C20H26N6O3S3/c1-26(2)32(28,29)15-4-5-16-18(8-15)31-20(24-16)25-17-7-13(6-12(17)11-27)23-19-21-9-14(30-3)10-22-19/h4-5,8-10,12-13,17,27H,6-7,11H2,1-3H3,(H,24,25)(H,21,22,23)/t12-,13+,17-/m1/s1. The molecule has 3 aromatic rings. The maximum Gasteiger partial charge on any atom is 0.242 e. The van der Waals surface area contributed by atoms with E-state index in [-0.39, 0.29) is 29.5 Å². The summed E-state index contributed by atoms with van der Waals surface area (Å²) in [5.74, 6) is 0.648. The Balaban J connectivity index is 1.47. The van der Waals surface area contributed by atoms with E-state index in [2.05, 4.69) is 25.6 Å². The van der Waals surface area contributed by atoms with Crippen molar-refractivity contribution in [3.8, 4) is 0 Å². The maximum absolute atomic E-state index is 12.4. The van der Waals surface area contributed by atoms with Gasteiger partial charge in [0.15, 0.2) is 5.13 Å². The van der Waals surface area contributed by atoms with Gasteiger partial charge in [-0.3, -0.25) is 0 Å². The Morgan fingerprint density at radius 2 is 1.97 bits per heavy atom. The quantitative estimate of drug-likeness (QED) is 0.406. The number of nitrogens with zero attached hydrogens (tertiary/aromatic N) is 4. The van der Waals surface area contributed by atoms with Crippen LogP contribution in [0, 0.1) is 5.92 Å². The average Bonchev–Trinajstić information content (AvgIpc) is 3.36. The summed E-state index contributed by atoms with van der Waals surface area (Å²) in [5.41, 5.74) is 0.741. The second-order valence-electron chi connectivity index (χ2n) is 7.89. The molecule has 1 aliphatic carbocycles. The zero-order valence-corrected chi connectivity index (χ0v) is 20.5. The minimum Gasteiger partial charge on any atom is -0.396 e. The lowest BCUT2D eigenvalue weighted by Crippen LogP contribution is -2.26. The van der Waals surface area contributed by atoms with Crippen LogP contribution in [0.3, 0.4) is 0 Å². The van der Waals surface area contributed by atoms with E-state index in [1.807, 2.05) is 6.26 Å². The molecule has 0 unspecified atom stereocenters. The van der Waals surface area contributed by atoms with Gasteiger partial charge < -0.3 is 15.7 Å². The summed E-state index contributed by atoms with van der Waals surface area (Å²) in [7, 11) is -0.469. The van der Waals surface area contributed by atoms with E-state index in [1.54, 1.807) is 42.4 Å². The SMILES string of the molecule is CSc1cnc(N[C@H]2C[C@H](CO)[C@H](Nc3nc4ccc(S(=O)(=O)N(C)C)cc4s3)C2)nc1. The topological polar surface area (TPSA) is 120 Å². The minimum absolute atomic E-state index is 0.0357. The first-order chi connectivity index (χ1) is 15.3. The summed E-state index contributed by atoms with van der Waals surface area (Å²) in [6, 6.07) is 5.14. The zero-order chi connectivity index (χ0) is 22.9. The first kappa shape index (κ1) is 23.2. The van der Waals surface area contributed by atoms with Crippen LogP contribution in [0.5, 0.6) is 0 Å². The lowest BCUT2D eigenvalue weighted by molar-refractivity contribution is 0.222. The second-order valence-corrected chi connectivity index (χ2v) is 12.0. The fourth-order valence-electron chi connectivity index (χ4n) is 3.80. The Kier molecular flexibility index (Phi) is 6.86. The normalized spacial score (nSPS) is 21.3. The summed E-state index contributed by atoms with van der Waals surface area (Å²) in [6.07, 6.45) is 7.14. The highest BCUT2D eigenvalue weighted by molar-refractivity contribution is 7.98. The smallest absolute Gasteiger partial charge is 0.242 e. The molecule has 32 heavy (non-hydrogen) atoms. The Morgan fingerprint density at radius 1 is 1.22 bits per heavy atom. The van der Waals surface area contributed by atoms with Gasteiger partial charge >= 0.3 is 0 Å². The summed E-state index contributed by atoms with van der Waals surface area (Å²) in [6.45, 7) is 0.0677. The number of benzene rings is 1. The predicted molar refractivity (Wildman–Crippen MR) is 129 cm³/mol.